The van der Waals surface area contributed by atoms with E-state index in [0.717, 1.165) is 23.3 Å². The van der Waals surface area contributed by atoms with Crippen molar-refractivity contribution >= 4 is 0 Å². The second kappa shape index (κ2) is 5.80. The molecular weight excluding hydrogens is 250 g/mol. The third-order valence-electron chi connectivity index (χ3n) is 2.71. The van der Waals surface area contributed by atoms with Gasteiger partial charge in [-0.1, -0.05) is 29.8 Å². The molecule has 2 aromatic carbocycles. The topological polar surface area (TPSA) is 29.5 Å². The Morgan fingerprint density at radius 1 is 1.05 bits per heavy atom. The maximum Gasteiger partial charge on any atom is 0.191 e. The zero-order chi connectivity index (χ0) is 13.8. The summed E-state index contributed by atoms with van der Waals surface area (Å²) in [5.74, 6) is -2.04. The Balaban J connectivity index is 2.16. The van der Waals surface area contributed by atoms with E-state index in [2.05, 4.69) is 0 Å². The van der Waals surface area contributed by atoms with Crippen LogP contribution >= 0.6 is 0 Å². The number of hydrogen-bond donors (Lipinski definition) is 1. The fourth-order valence-electron chi connectivity index (χ4n) is 1.80. The van der Waals surface area contributed by atoms with Gasteiger partial charge in [0.2, 0.25) is 0 Å². The highest BCUT2D eigenvalue weighted by molar-refractivity contribution is 5.31. The zero-order valence-corrected chi connectivity index (χ0v) is 10.5. The van der Waals surface area contributed by atoms with E-state index in [4.69, 9.17) is 9.84 Å². The first-order valence-corrected chi connectivity index (χ1v) is 5.87. The van der Waals surface area contributed by atoms with Crippen LogP contribution in [0.25, 0.3) is 0 Å². The van der Waals surface area contributed by atoms with Gasteiger partial charge in [0, 0.05) is 0 Å². The Labute approximate surface area is 110 Å². The summed E-state index contributed by atoms with van der Waals surface area (Å²) in [6.07, 6.45) is 0. The van der Waals surface area contributed by atoms with Gasteiger partial charge in [0.1, 0.15) is 6.61 Å². The molecule has 0 saturated heterocycles. The summed E-state index contributed by atoms with van der Waals surface area (Å²) in [4.78, 5) is 0. The summed E-state index contributed by atoms with van der Waals surface area (Å²) in [5, 5.41) is 8.84. The summed E-state index contributed by atoms with van der Waals surface area (Å²) < 4.78 is 32.4. The van der Waals surface area contributed by atoms with Crippen molar-refractivity contribution in [3.8, 4) is 5.75 Å². The third-order valence-corrected chi connectivity index (χ3v) is 2.71. The average Bonchev–Trinajstić information content (AvgIpc) is 2.37. The van der Waals surface area contributed by atoms with Gasteiger partial charge >= 0.3 is 0 Å². The predicted molar refractivity (Wildman–Crippen MR) is 67.8 cm³/mol. The second-order valence-corrected chi connectivity index (χ2v) is 4.32. The molecule has 2 rings (SSSR count). The van der Waals surface area contributed by atoms with Gasteiger partial charge in [0.05, 0.1) is 6.61 Å². The van der Waals surface area contributed by atoms with Crippen molar-refractivity contribution < 1.29 is 18.6 Å². The number of rotatable bonds is 4. The first-order chi connectivity index (χ1) is 9.10. The van der Waals surface area contributed by atoms with Crippen LogP contribution in [0.5, 0.6) is 5.75 Å². The lowest BCUT2D eigenvalue weighted by molar-refractivity contribution is 0.266. The van der Waals surface area contributed by atoms with Crippen LogP contribution in [0.1, 0.15) is 16.7 Å². The SMILES string of the molecule is Cc1cccc(COc2c(F)cc(CO)cc2F)c1. The standard InChI is InChI=1S/C15H14F2O2/c1-10-3-2-4-11(5-10)9-19-15-13(16)6-12(8-18)7-14(15)17/h2-7,18H,8-9H2,1H3. The number of benzene rings is 2. The molecule has 0 amide bonds. The van der Waals surface area contributed by atoms with E-state index < -0.39 is 24.0 Å². The van der Waals surface area contributed by atoms with Crippen LogP contribution in [0, 0.1) is 18.6 Å². The van der Waals surface area contributed by atoms with E-state index in [1.54, 1.807) is 0 Å². The van der Waals surface area contributed by atoms with Gasteiger partial charge in [-0.25, -0.2) is 8.78 Å². The lowest BCUT2D eigenvalue weighted by atomic mass is 10.1. The van der Waals surface area contributed by atoms with E-state index >= 15 is 0 Å². The van der Waals surface area contributed by atoms with Gasteiger partial charge in [-0.3, -0.25) is 0 Å². The second-order valence-electron chi connectivity index (χ2n) is 4.32. The minimum atomic E-state index is -0.809. The van der Waals surface area contributed by atoms with E-state index in [1.165, 1.54) is 0 Å². The summed E-state index contributed by atoms with van der Waals surface area (Å²) in [7, 11) is 0. The zero-order valence-electron chi connectivity index (χ0n) is 10.5. The number of hydrogen-bond acceptors (Lipinski definition) is 2. The van der Waals surface area contributed by atoms with Crippen LogP contribution in [0.2, 0.25) is 0 Å². The van der Waals surface area contributed by atoms with Gasteiger partial charge in [-0.05, 0) is 30.2 Å². The van der Waals surface area contributed by atoms with Gasteiger partial charge in [0.15, 0.2) is 17.4 Å². The molecule has 0 radical (unpaired) electrons. The van der Waals surface area contributed by atoms with Crippen molar-refractivity contribution in [2.24, 2.45) is 0 Å². The Hall–Kier alpha value is -1.94. The monoisotopic (exact) mass is 264 g/mol. The number of aliphatic hydroxyl groups excluding tert-OH is 1. The van der Waals surface area contributed by atoms with Crippen LogP contribution in [0.3, 0.4) is 0 Å². The van der Waals surface area contributed by atoms with Gasteiger partial charge in [-0.2, -0.15) is 0 Å². The van der Waals surface area contributed by atoms with Gasteiger partial charge in [-0.15, -0.1) is 0 Å². The maximum atomic E-state index is 13.6. The Bertz CT molecular complexity index is 559. The third kappa shape index (κ3) is 3.29. The van der Waals surface area contributed by atoms with Crippen LogP contribution < -0.4 is 4.74 Å². The highest BCUT2D eigenvalue weighted by Crippen LogP contribution is 2.24. The van der Waals surface area contributed by atoms with Crippen LogP contribution in [0.4, 0.5) is 8.78 Å². The van der Waals surface area contributed by atoms with Crippen molar-refractivity contribution in [3.05, 3.63) is 64.7 Å². The quantitative estimate of drug-likeness (QED) is 0.917. The molecule has 4 heteroatoms. The normalized spacial score (nSPS) is 10.5. The van der Waals surface area contributed by atoms with Crippen LogP contribution in [-0.4, -0.2) is 5.11 Å². The van der Waals surface area contributed by atoms with Crippen LogP contribution in [-0.2, 0) is 13.2 Å². The van der Waals surface area contributed by atoms with E-state index in [1.807, 2.05) is 31.2 Å². The van der Waals surface area contributed by atoms with Crippen molar-refractivity contribution in [1.82, 2.24) is 0 Å². The summed E-state index contributed by atoms with van der Waals surface area (Å²) in [6, 6.07) is 9.63. The average molecular weight is 264 g/mol. The lowest BCUT2D eigenvalue weighted by Gasteiger charge is -2.10. The Morgan fingerprint density at radius 3 is 2.32 bits per heavy atom. The molecule has 0 aliphatic rings. The van der Waals surface area contributed by atoms with Crippen molar-refractivity contribution in [3.63, 3.8) is 0 Å². The molecule has 0 aliphatic heterocycles. The maximum absolute atomic E-state index is 13.6. The molecule has 2 nitrogen and oxygen atoms in total. The van der Waals surface area contributed by atoms with Crippen molar-refractivity contribution in [2.45, 2.75) is 20.1 Å². The molecule has 0 aromatic heterocycles. The number of aryl methyl sites for hydroxylation is 1. The number of halogens is 2. The lowest BCUT2D eigenvalue weighted by Crippen LogP contribution is -2.01. The molecule has 0 spiro atoms. The fourth-order valence-corrected chi connectivity index (χ4v) is 1.80. The van der Waals surface area contributed by atoms with E-state index in [-0.39, 0.29) is 12.2 Å². The molecule has 0 atom stereocenters. The predicted octanol–water partition coefficient (Wildman–Crippen LogP) is 3.34. The highest BCUT2D eigenvalue weighted by Gasteiger charge is 2.12. The van der Waals surface area contributed by atoms with E-state index in [9.17, 15) is 8.78 Å². The molecular formula is C15H14F2O2. The first-order valence-electron chi connectivity index (χ1n) is 5.87. The first kappa shape index (κ1) is 13.5. The van der Waals surface area contributed by atoms with Crippen molar-refractivity contribution in [1.29, 1.82) is 0 Å². The Kier molecular flexibility index (Phi) is 4.12. The molecule has 0 bridgehead atoms. The van der Waals surface area contributed by atoms with Gasteiger partial charge < -0.3 is 9.84 Å². The summed E-state index contributed by atoms with van der Waals surface area (Å²) >= 11 is 0. The molecule has 100 valence electrons. The van der Waals surface area contributed by atoms with Crippen LogP contribution in [0.15, 0.2) is 36.4 Å². The largest absolute Gasteiger partial charge is 0.483 e. The van der Waals surface area contributed by atoms with E-state index in [0.29, 0.717) is 0 Å². The Morgan fingerprint density at radius 2 is 1.74 bits per heavy atom. The molecule has 0 saturated carbocycles. The summed E-state index contributed by atoms with van der Waals surface area (Å²) in [5.41, 5.74) is 2.07. The summed E-state index contributed by atoms with van der Waals surface area (Å²) in [6.45, 7) is 1.61. The molecule has 0 heterocycles. The smallest absolute Gasteiger partial charge is 0.191 e. The molecule has 1 N–H and O–H groups in total. The molecule has 19 heavy (non-hydrogen) atoms. The fraction of sp³-hybridized carbons (Fsp3) is 0.200. The molecule has 2 aromatic rings. The highest BCUT2D eigenvalue weighted by atomic mass is 19.1. The van der Waals surface area contributed by atoms with Gasteiger partial charge in [0.25, 0.3) is 0 Å². The molecule has 0 fully saturated rings. The number of ether oxygens (including phenoxy) is 1. The number of aliphatic hydroxyl groups is 1. The minimum Gasteiger partial charge on any atom is -0.483 e. The molecule has 0 unspecified atom stereocenters. The molecule has 0 aliphatic carbocycles. The minimum absolute atomic E-state index is 0.0913. The van der Waals surface area contributed by atoms with Crippen molar-refractivity contribution in [2.75, 3.05) is 0 Å².